The van der Waals surface area contributed by atoms with Gasteiger partial charge in [0.2, 0.25) is 0 Å². The van der Waals surface area contributed by atoms with E-state index in [0.29, 0.717) is 5.69 Å². The highest BCUT2D eigenvalue weighted by atomic mass is 35.7. The van der Waals surface area contributed by atoms with Crippen molar-refractivity contribution in [3.63, 3.8) is 0 Å². The standard InChI is InChI=1S/C6H7Cl2NO2S2/c1-3(2)4-5(13(8,10)11)12-6(7)9-4/h3H,1-2H3. The molecule has 0 N–H and O–H groups in total. The van der Waals surface area contributed by atoms with Gasteiger partial charge in [-0.3, -0.25) is 0 Å². The maximum absolute atomic E-state index is 11.0. The van der Waals surface area contributed by atoms with Gasteiger partial charge in [-0.2, -0.15) is 0 Å². The van der Waals surface area contributed by atoms with Crippen LogP contribution >= 0.6 is 33.6 Å². The summed E-state index contributed by atoms with van der Waals surface area (Å²) in [6.45, 7) is 3.66. The second kappa shape index (κ2) is 3.73. The van der Waals surface area contributed by atoms with Crippen LogP contribution in [0.25, 0.3) is 0 Å². The highest BCUT2D eigenvalue weighted by molar-refractivity contribution is 8.15. The van der Waals surface area contributed by atoms with Crippen molar-refractivity contribution in [2.45, 2.75) is 24.0 Å². The van der Waals surface area contributed by atoms with E-state index in [1.165, 1.54) is 0 Å². The molecule has 1 aromatic heterocycles. The molecule has 1 aromatic rings. The molecule has 0 amide bonds. The van der Waals surface area contributed by atoms with E-state index in [2.05, 4.69) is 4.98 Å². The fourth-order valence-electron chi connectivity index (χ4n) is 0.831. The van der Waals surface area contributed by atoms with Crippen molar-refractivity contribution in [3.8, 4) is 0 Å². The molecule has 0 aliphatic carbocycles. The van der Waals surface area contributed by atoms with Crippen molar-refractivity contribution in [2.24, 2.45) is 0 Å². The van der Waals surface area contributed by atoms with E-state index >= 15 is 0 Å². The Kier molecular flexibility index (Phi) is 3.22. The van der Waals surface area contributed by atoms with Gasteiger partial charge in [0.05, 0.1) is 5.69 Å². The Morgan fingerprint density at radius 1 is 1.46 bits per heavy atom. The van der Waals surface area contributed by atoms with E-state index in [9.17, 15) is 8.42 Å². The summed E-state index contributed by atoms with van der Waals surface area (Å²) in [5.74, 6) is -0.00715. The molecule has 3 nitrogen and oxygen atoms in total. The minimum atomic E-state index is -3.71. The monoisotopic (exact) mass is 259 g/mol. The van der Waals surface area contributed by atoms with Crippen molar-refractivity contribution in [3.05, 3.63) is 10.2 Å². The molecule has 0 unspecified atom stereocenters. The lowest BCUT2D eigenvalue weighted by atomic mass is 10.2. The van der Waals surface area contributed by atoms with Crippen molar-refractivity contribution in [1.82, 2.24) is 4.98 Å². The second-order valence-electron chi connectivity index (χ2n) is 2.73. The number of halogens is 2. The summed E-state index contributed by atoms with van der Waals surface area (Å²) in [5.41, 5.74) is 0.435. The third kappa shape index (κ3) is 2.56. The topological polar surface area (TPSA) is 47.0 Å². The summed E-state index contributed by atoms with van der Waals surface area (Å²) < 4.78 is 22.3. The Morgan fingerprint density at radius 3 is 2.31 bits per heavy atom. The van der Waals surface area contributed by atoms with Gasteiger partial charge in [0.15, 0.2) is 8.68 Å². The van der Waals surface area contributed by atoms with Gasteiger partial charge >= 0.3 is 0 Å². The van der Waals surface area contributed by atoms with Crippen molar-refractivity contribution >= 4 is 42.7 Å². The van der Waals surface area contributed by atoms with Crippen LogP contribution in [-0.4, -0.2) is 13.4 Å². The molecule has 0 aliphatic heterocycles. The van der Waals surface area contributed by atoms with Crippen LogP contribution in [0.4, 0.5) is 0 Å². The van der Waals surface area contributed by atoms with E-state index in [1.54, 1.807) is 0 Å². The predicted molar refractivity (Wildman–Crippen MR) is 54.3 cm³/mol. The molecule has 1 rings (SSSR count). The van der Waals surface area contributed by atoms with Crippen LogP contribution < -0.4 is 0 Å². The van der Waals surface area contributed by atoms with E-state index in [-0.39, 0.29) is 14.6 Å². The number of hydrogen-bond donors (Lipinski definition) is 0. The van der Waals surface area contributed by atoms with Gasteiger partial charge < -0.3 is 0 Å². The quantitative estimate of drug-likeness (QED) is 0.768. The third-order valence-electron chi connectivity index (χ3n) is 1.36. The number of thiazole rings is 1. The molecule has 0 aliphatic rings. The van der Waals surface area contributed by atoms with Crippen LogP contribution in [0.3, 0.4) is 0 Å². The fraction of sp³-hybridized carbons (Fsp3) is 0.500. The van der Waals surface area contributed by atoms with Crippen LogP contribution in [0.2, 0.25) is 4.47 Å². The SMILES string of the molecule is CC(C)c1nc(Cl)sc1S(=O)(=O)Cl. The highest BCUT2D eigenvalue weighted by Gasteiger charge is 2.22. The largest absolute Gasteiger partial charge is 0.272 e. The van der Waals surface area contributed by atoms with Crippen LogP contribution in [0, 0.1) is 0 Å². The molecule has 0 aromatic carbocycles. The van der Waals surface area contributed by atoms with Crippen molar-refractivity contribution in [1.29, 1.82) is 0 Å². The predicted octanol–water partition coefficient (Wildman–Crippen LogP) is 2.85. The van der Waals surface area contributed by atoms with Gasteiger partial charge in [-0.25, -0.2) is 13.4 Å². The summed E-state index contributed by atoms with van der Waals surface area (Å²) in [5, 5.41) is 0. The lowest BCUT2D eigenvalue weighted by molar-refractivity contribution is 0.609. The molecule has 13 heavy (non-hydrogen) atoms. The zero-order valence-corrected chi connectivity index (χ0v) is 10.1. The molecule has 0 saturated heterocycles. The first-order valence-corrected chi connectivity index (χ1v) is 6.93. The average Bonchev–Trinajstić information content (AvgIpc) is 2.29. The van der Waals surface area contributed by atoms with Gasteiger partial charge in [0.1, 0.15) is 0 Å². The average molecular weight is 260 g/mol. The van der Waals surface area contributed by atoms with Crippen molar-refractivity contribution < 1.29 is 8.42 Å². The van der Waals surface area contributed by atoms with E-state index in [4.69, 9.17) is 22.3 Å². The highest BCUT2D eigenvalue weighted by Crippen LogP contribution is 2.33. The lowest BCUT2D eigenvalue weighted by Gasteiger charge is -2.00. The Balaban J connectivity index is 3.37. The molecule has 0 fully saturated rings. The van der Waals surface area contributed by atoms with E-state index < -0.39 is 9.05 Å². The van der Waals surface area contributed by atoms with Gasteiger partial charge in [0, 0.05) is 10.7 Å². The molecule has 0 spiro atoms. The summed E-state index contributed by atoms with van der Waals surface area (Å²) in [7, 11) is 1.49. The molecule has 74 valence electrons. The first-order valence-electron chi connectivity index (χ1n) is 3.43. The molecule has 0 bridgehead atoms. The smallest absolute Gasteiger partial charge is 0.228 e. The Hall–Kier alpha value is 0.160. The summed E-state index contributed by atoms with van der Waals surface area (Å²) >= 11 is 6.48. The lowest BCUT2D eigenvalue weighted by Crippen LogP contribution is -1.96. The van der Waals surface area contributed by atoms with Crippen LogP contribution in [0.1, 0.15) is 25.5 Å². The molecule has 0 saturated carbocycles. The molecular formula is C6H7Cl2NO2S2. The summed E-state index contributed by atoms with van der Waals surface area (Å²) in [6.07, 6.45) is 0. The minimum absolute atomic E-state index is 0.00715. The molecule has 0 atom stereocenters. The van der Waals surface area contributed by atoms with Crippen LogP contribution in [0.15, 0.2) is 4.21 Å². The minimum Gasteiger partial charge on any atom is -0.228 e. The normalized spacial score (nSPS) is 12.4. The number of aromatic nitrogens is 1. The second-order valence-corrected chi connectivity index (χ2v) is 7.07. The number of rotatable bonds is 2. The van der Waals surface area contributed by atoms with E-state index in [1.807, 2.05) is 13.8 Å². The maximum Gasteiger partial charge on any atom is 0.272 e. The Bertz CT molecular complexity index is 410. The Labute approximate surface area is 90.1 Å². The number of hydrogen-bond acceptors (Lipinski definition) is 4. The van der Waals surface area contributed by atoms with Crippen LogP contribution in [0.5, 0.6) is 0 Å². The third-order valence-corrected chi connectivity index (χ3v) is 4.63. The zero-order chi connectivity index (χ0) is 10.2. The Morgan fingerprint density at radius 2 is 2.00 bits per heavy atom. The van der Waals surface area contributed by atoms with Crippen LogP contribution in [-0.2, 0) is 9.05 Å². The first-order chi connectivity index (χ1) is 5.82. The molecule has 0 radical (unpaired) electrons. The molecule has 7 heteroatoms. The van der Waals surface area contributed by atoms with Gasteiger partial charge in [-0.05, 0) is 5.92 Å². The summed E-state index contributed by atoms with van der Waals surface area (Å²) in [6, 6.07) is 0. The fourth-order valence-corrected chi connectivity index (χ4v) is 3.66. The van der Waals surface area contributed by atoms with Gasteiger partial charge in [0.25, 0.3) is 9.05 Å². The van der Waals surface area contributed by atoms with E-state index in [0.717, 1.165) is 11.3 Å². The van der Waals surface area contributed by atoms with Gasteiger partial charge in [-0.15, -0.1) is 0 Å². The number of nitrogens with zero attached hydrogens (tertiary/aromatic N) is 1. The maximum atomic E-state index is 11.0. The summed E-state index contributed by atoms with van der Waals surface area (Å²) in [4.78, 5) is 3.90. The molecule has 1 heterocycles. The van der Waals surface area contributed by atoms with Gasteiger partial charge in [-0.1, -0.05) is 36.8 Å². The first kappa shape index (κ1) is 11.2. The zero-order valence-electron chi connectivity index (χ0n) is 6.91. The van der Waals surface area contributed by atoms with Crippen molar-refractivity contribution in [2.75, 3.05) is 0 Å². The molecular weight excluding hydrogens is 253 g/mol.